The number of rotatable bonds is 3. The lowest BCUT2D eigenvalue weighted by molar-refractivity contribution is -0.124. The fourth-order valence-electron chi connectivity index (χ4n) is 1.95. The van der Waals surface area contributed by atoms with Crippen molar-refractivity contribution in [2.24, 2.45) is 5.73 Å². The van der Waals surface area contributed by atoms with Gasteiger partial charge >= 0.3 is 0 Å². The number of carbonyl (C=O) groups is 1. The molecule has 1 saturated heterocycles. The van der Waals surface area contributed by atoms with E-state index in [1.807, 2.05) is 0 Å². The molecule has 19 heavy (non-hydrogen) atoms. The van der Waals surface area contributed by atoms with Gasteiger partial charge in [0.2, 0.25) is 5.91 Å². The molecule has 0 radical (unpaired) electrons. The van der Waals surface area contributed by atoms with Gasteiger partial charge in [-0.2, -0.15) is 0 Å². The second-order valence-corrected chi connectivity index (χ2v) is 4.61. The summed E-state index contributed by atoms with van der Waals surface area (Å²) in [6.07, 6.45) is 0.936. The van der Waals surface area contributed by atoms with Gasteiger partial charge in [-0.05, 0) is 25.0 Å². The molecule has 1 aromatic rings. The second-order valence-electron chi connectivity index (χ2n) is 4.61. The Kier molecular flexibility index (Phi) is 3.92. The molecule has 6 nitrogen and oxygen atoms in total. The smallest absolute Gasteiger partial charge is 0.244 e. The Balaban J connectivity index is 2.10. The number of ether oxygens (including phenoxy) is 2. The van der Waals surface area contributed by atoms with E-state index >= 15 is 0 Å². The minimum absolute atomic E-state index is 0.0524. The Bertz CT molecular complexity index is 470. The van der Waals surface area contributed by atoms with Gasteiger partial charge in [0.1, 0.15) is 17.0 Å². The van der Waals surface area contributed by atoms with Crippen LogP contribution in [0.2, 0.25) is 0 Å². The Morgan fingerprint density at radius 1 is 1.47 bits per heavy atom. The van der Waals surface area contributed by atoms with Gasteiger partial charge in [-0.25, -0.2) is 0 Å². The SMILES string of the molecule is COc1ccc(NC(=O)C2(N)CCOCC2)c(O)c1. The number of anilines is 1. The van der Waals surface area contributed by atoms with E-state index in [0.29, 0.717) is 37.5 Å². The first-order chi connectivity index (χ1) is 9.05. The molecule has 0 bridgehead atoms. The van der Waals surface area contributed by atoms with E-state index in [0.717, 1.165) is 0 Å². The summed E-state index contributed by atoms with van der Waals surface area (Å²) in [4.78, 5) is 12.2. The van der Waals surface area contributed by atoms with Crippen molar-refractivity contribution in [3.05, 3.63) is 18.2 Å². The first kappa shape index (κ1) is 13.6. The van der Waals surface area contributed by atoms with Crippen LogP contribution in [0.3, 0.4) is 0 Å². The number of carbonyl (C=O) groups excluding carboxylic acids is 1. The van der Waals surface area contributed by atoms with Crippen molar-refractivity contribution in [1.29, 1.82) is 0 Å². The van der Waals surface area contributed by atoms with Crippen LogP contribution in [-0.4, -0.2) is 36.9 Å². The minimum Gasteiger partial charge on any atom is -0.506 e. The third-order valence-electron chi connectivity index (χ3n) is 3.29. The summed E-state index contributed by atoms with van der Waals surface area (Å²) in [5.41, 5.74) is 5.44. The Labute approximate surface area is 111 Å². The normalized spacial score (nSPS) is 17.8. The van der Waals surface area contributed by atoms with Gasteiger partial charge in [-0.15, -0.1) is 0 Å². The molecule has 0 unspecified atom stereocenters. The van der Waals surface area contributed by atoms with Gasteiger partial charge in [-0.1, -0.05) is 0 Å². The molecule has 6 heteroatoms. The number of nitrogens with two attached hydrogens (primary N) is 1. The van der Waals surface area contributed by atoms with Gasteiger partial charge in [0, 0.05) is 19.3 Å². The summed E-state index contributed by atoms with van der Waals surface area (Å²) >= 11 is 0. The average molecular weight is 266 g/mol. The summed E-state index contributed by atoms with van der Waals surface area (Å²) in [5.74, 6) is 0.156. The fraction of sp³-hybridized carbons (Fsp3) is 0.462. The maximum Gasteiger partial charge on any atom is 0.244 e. The van der Waals surface area contributed by atoms with Gasteiger partial charge < -0.3 is 25.6 Å². The first-order valence-electron chi connectivity index (χ1n) is 6.10. The standard InChI is InChI=1S/C13H18N2O4/c1-18-9-2-3-10(11(16)8-9)15-12(17)13(14)4-6-19-7-5-13/h2-3,8,16H,4-7,14H2,1H3,(H,15,17). The lowest BCUT2D eigenvalue weighted by Gasteiger charge is -2.31. The maximum absolute atomic E-state index is 12.2. The molecule has 1 amide bonds. The summed E-state index contributed by atoms with van der Waals surface area (Å²) in [6, 6.07) is 4.67. The number of nitrogens with one attached hydrogen (secondary N) is 1. The zero-order valence-electron chi connectivity index (χ0n) is 10.8. The summed E-state index contributed by atoms with van der Waals surface area (Å²) < 4.78 is 10.2. The van der Waals surface area contributed by atoms with E-state index in [4.69, 9.17) is 15.2 Å². The molecule has 0 saturated carbocycles. The number of amides is 1. The van der Waals surface area contributed by atoms with Crippen LogP contribution in [0.5, 0.6) is 11.5 Å². The van der Waals surface area contributed by atoms with Crippen LogP contribution in [-0.2, 0) is 9.53 Å². The molecule has 0 atom stereocenters. The number of methoxy groups -OCH3 is 1. The van der Waals surface area contributed by atoms with Crippen molar-refractivity contribution in [3.63, 3.8) is 0 Å². The number of hydrogen-bond acceptors (Lipinski definition) is 5. The molecule has 1 heterocycles. The quantitative estimate of drug-likeness (QED) is 0.705. The van der Waals surface area contributed by atoms with Gasteiger partial charge in [0.25, 0.3) is 0 Å². The van der Waals surface area contributed by atoms with Crippen molar-refractivity contribution >= 4 is 11.6 Å². The number of phenols is 1. The first-order valence-corrected chi connectivity index (χ1v) is 6.10. The average Bonchev–Trinajstić information content (AvgIpc) is 2.41. The number of phenolic OH excluding ortho intramolecular Hbond substituents is 1. The van der Waals surface area contributed by atoms with Crippen molar-refractivity contribution in [1.82, 2.24) is 0 Å². The van der Waals surface area contributed by atoms with Gasteiger partial charge in [0.15, 0.2) is 0 Å². The van der Waals surface area contributed by atoms with E-state index in [1.165, 1.54) is 13.2 Å². The molecule has 1 aliphatic heterocycles. The highest BCUT2D eigenvalue weighted by Crippen LogP contribution is 2.29. The molecule has 1 aromatic carbocycles. The Morgan fingerprint density at radius 2 is 2.16 bits per heavy atom. The lowest BCUT2D eigenvalue weighted by Crippen LogP contribution is -2.54. The Morgan fingerprint density at radius 3 is 2.74 bits per heavy atom. The van der Waals surface area contributed by atoms with E-state index in [1.54, 1.807) is 12.1 Å². The van der Waals surface area contributed by atoms with E-state index < -0.39 is 5.54 Å². The lowest BCUT2D eigenvalue weighted by atomic mass is 9.90. The van der Waals surface area contributed by atoms with Gasteiger partial charge in [-0.3, -0.25) is 4.79 Å². The van der Waals surface area contributed by atoms with Crippen molar-refractivity contribution < 1.29 is 19.4 Å². The van der Waals surface area contributed by atoms with E-state index in [9.17, 15) is 9.90 Å². The molecule has 2 rings (SSSR count). The van der Waals surface area contributed by atoms with E-state index in [2.05, 4.69) is 5.32 Å². The molecule has 1 aliphatic rings. The monoisotopic (exact) mass is 266 g/mol. The molecule has 104 valence electrons. The number of hydrogen-bond donors (Lipinski definition) is 3. The molecule has 4 N–H and O–H groups in total. The number of aromatic hydroxyl groups is 1. The van der Waals surface area contributed by atoms with Crippen molar-refractivity contribution in [2.45, 2.75) is 18.4 Å². The molecule has 0 aliphatic carbocycles. The van der Waals surface area contributed by atoms with Crippen LogP contribution in [0.25, 0.3) is 0 Å². The van der Waals surface area contributed by atoms with Crippen LogP contribution >= 0.6 is 0 Å². The third-order valence-corrected chi connectivity index (χ3v) is 3.29. The maximum atomic E-state index is 12.2. The largest absolute Gasteiger partial charge is 0.506 e. The third kappa shape index (κ3) is 2.97. The fourth-order valence-corrected chi connectivity index (χ4v) is 1.95. The van der Waals surface area contributed by atoms with Crippen LogP contribution in [0.15, 0.2) is 18.2 Å². The highest BCUT2D eigenvalue weighted by atomic mass is 16.5. The van der Waals surface area contributed by atoms with Crippen molar-refractivity contribution in [3.8, 4) is 11.5 Å². The zero-order valence-corrected chi connectivity index (χ0v) is 10.8. The second kappa shape index (κ2) is 5.46. The summed E-state index contributed by atoms with van der Waals surface area (Å²) in [7, 11) is 1.50. The Hall–Kier alpha value is -1.79. The highest BCUT2D eigenvalue weighted by Gasteiger charge is 2.36. The van der Waals surface area contributed by atoms with Crippen LogP contribution < -0.4 is 15.8 Å². The van der Waals surface area contributed by atoms with Crippen LogP contribution in [0, 0.1) is 0 Å². The molecule has 0 aromatic heterocycles. The molecule has 0 spiro atoms. The zero-order chi connectivity index (χ0) is 13.9. The number of benzene rings is 1. The van der Waals surface area contributed by atoms with E-state index in [-0.39, 0.29) is 11.7 Å². The predicted octanol–water partition coefficient (Wildman–Crippen LogP) is 0.847. The summed E-state index contributed by atoms with van der Waals surface area (Å²) in [5, 5.41) is 12.4. The molecular weight excluding hydrogens is 248 g/mol. The topological polar surface area (TPSA) is 93.8 Å². The summed E-state index contributed by atoms with van der Waals surface area (Å²) in [6.45, 7) is 0.941. The van der Waals surface area contributed by atoms with Crippen LogP contribution in [0.4, 0.5) is 5.69 Å². The minimum atomic E-state index is -0.940. The van der Waals surface area contributed by atoms with Crippen molar-refractivity contribution in [2.75, 3.05) is 25.6 Å². The molecular formula is C13H18N2O4. The molecule has 1 fully saturated rings. The van der Waals surface area contributed by atoms with Gasteiger partial charge in [0.05, 0.1) is 12.8 Å². The highest BCUT2D eigenvalue weighted by molar-refractivity contribution is 5.99. The van der Waals surface area contributed by atoms with Crippen LogP contribution in [0.1, 0.15) is 12.8 Å². The predicted molar refractivity (Wildman–Crippen MR) is 70.3 cm³/mol.